The van der Waals surface area contributed by atoms with Crippen molar-refractivity contribution in [2.24, 2.45) is 0 Å². The lowest BCUT2D eigenvalue weighted by Gasteiger charge is -2.08. The predicted octanol–water partition coefficient (Wildman–Crippen LogP) is 3.22. The molecule has 0 bridgehead atoms. The van der Waals surface area contributed by atoms with E-state index in [1.165, 1.54) is 18.3 Å². The van der Waals surface area contributed by atoms with E-state index in [2.05, 4.69) is 9.72 Å². The van der Waals surface area contributed by atoms with Crippen LogP contribution in [0.4, 0.5) is 8.78 Å². The lowest BCUT2D eigenvalue weighted by molar-refractivity contribution is -0.0489. The van der Waals surface area contributed by atoms with E-state index in [4.69, 9.17) is 11.6 Å². The number of halogens is 3. The molecule has 0 N–H and O–H groups in total. The molecule has 0 atom stereocenters. The first kappa shape index (κ1) is 11.7. The second-order valence-corrected chi connectivity index (χ2v) is 3.51. The Morgan fingerprint density at radius 2 is 2.12 bits per heavy atom. The Balaban J connectivity index is 2.66. The first-order valence-corrected chi connectivity index (χ1v) is 5.00. The summed E-state index contributed by atoms with van der Waals surface area (Å²) < 4.78 is 28.6. The molecule has 0 aliphatic carbocycles. The van der Waals surface area contributed by atoms with Crippen LogP contribution in [0.2, 0.25) is 0 Å². The number of fused-ring (bicyclic) bond motifs is 1. The topological polar surface area (TPSA) is 39.2 Å². The molecule has 0 unspecified atom stereocenters. The van der Waals surface area contributed by atoms with Crippen molar-refractivity contribution in [1.82, 2.24) is 4.98 Å². The highest BCUT2D eigenvalue weighted by atomic mass is 35.5. The van der Waals surface area contributed by atoms with Gasteiger partial charge in [-0.25, -0.2) is 0 Å². The van der Waals surface area contributed by atoms with Crippen LogP contribution in [0.5, 0.6) is 5.75 Å². The van der Waals surface area contributed by atoms with E-state index in [0.717, 1.165) is 0 Å². The molecule has 0 saturated heterocycles. The molecule has 0 amide bonds. The second kappa shape index (κ2) is 4.63. The van der Waals surface area contributed by atoms with Gasteiger partial charge in [-0.3, -0.25) is 9.78 Å². The minimum Gasteiger partial charge on any atom is -0.432 e. The first-order valence-electron chi connectivity index (χ1n) is 4.62. The monoisotopic (exact) mass is 257 g/mol. The van der Waals surface area contributed by atoms with E-state index in [1.807, 2.05) is 0 Å². The molecule has 0 radical (unpaired) electrons. The van der Waals surface area contributed by atoms with Gasteiger partial charge in [-0.2, -0.15) is 8.78 Å². The van der Waals surface area contributed by atoms with Crippen molar-refractivity contribution in [2.45, 2.75) is 6.61 Å². The fourth-order valence-electron chi connectivity index (χ4n) is 1.51. The number of hydrogen-bond donors (Lipinski definition) is 0. The number of hydrogen-bond acceptors (Lipinski definition) is 3. The third-order valence-electron chi connectivity index (χ3n) is 2.16. The van der Waals surface area contributed by atoms with Crippen LogP contribution in [0.3, 0.4) is 0 Å². The summed E-state index contributed by atoms with van der Waals surface area (Å²) in [6.07, 6.45) is 1.42. The lowest BCUT2D eigenvalue weighted by Crippen LogP contribution is -2.04. The van der Waals surface area contributed by atoms with Gasteiger partial charge in [0.05, 0.1) is 0 Å². The van der Waals surface area contributed by atoms with Gasteiger partial charge in [0.2, 0.25) is 0 Å². The maximum atomic E-state index is 12.2. The standard InChI is InChI=1S/C11H6ClF2NO2/c12-10(16)7-3-4-8(17-11(13)14)9-6(7)2-1-5-15-9/h1-5,11H. The van der Waals surface area contributed by atoms with Gasteiger partial charge in [0.1, 0.15) is 5.52 Å². The van der Waals surface area contributed by atoms with Crippen LogP contribution in [-0.4, -0.2) is 16.8 Å². The normalized spacial score (nSPS) is 10.8. The fraction of sp³-hybridized carbons (Fsp3) is 0.0909. The van der Waals surface area contributed by atoms with Crippen LogP contribution in [0.25, 0.3) is 10.9 Å². The van der Waals surface area contributed by atoms with Gasteiger partial charge in [0.15, 0.2) is 5.75 Å². The number of nitrogens with zero attached hydrogens (tertiary/aromatic N) is 1. The van der Waals surface area contributed by atoms with Crippen LogP contribution in [0.15, 0.2) is 30.5 Å². The molecular weight excluding hydrogens is 252 g/mol. The minimum atomic E-state index is -2.95. The highest BCUT2D eigenvalue weighted by Gasteiger charge is 2.14. The zero-order valence-electron chi connectivity index (χ0n) is 8.36. The number of ether oxygens (including phenoxy) is 1. The van der Waals surface area contributed by atoms with E-state index in [-0.39, 0.29) is 16.8 Å². The summed E-state index contributed by atoms with van der Waals surface area (Å²) >= 11 is 5.38. The van der Waals surface area contributed by atoms with Crippen molar-refractivity contribution in [2.75, 3.05) is 0 Å². The Morgan fingerprint density at radius 3 is 2.76 bits per heavy atom. The van der Waals surface area contributed by atoms with Crippen molar-refractivity contribution in [3.8, 4) is 5.75 Å². The fourth-order valence-corrected chi connectivity index (χ4v) is 1.67. The maximum absolute atomic E-state index is 12.2. The van der Waals surface area contributed by atoms with Crippen molar-refractivity contribution in [3.05, 3.63) is 36.0 Å². The Morgan fingerprint density at radius 1 is 1.35 bits per heavy atom. The van der Waals surface area contributed by atoms with Crippen molar-refractivity contribution >= 4 is 27.7 Å². The van der Waals surface area contributed by atoms with E-state index in [0.29, 0.717) is 5.39 Å². The van der Waals surface area contributed by atoms with Crippen LogP contribution in [0.1, 0.15) is 10.4 Å². The SMILES string of the molecule is O=C(Cl)c1ccc(OC(F)F)c2ncccc12. The summed E-state index contributed by atoms with van der Waals surface area (Å²) in [6.45, 7) is -2.95. The van der Waals surface area contributed by atoms with Gasteiger partial charge < -0.3 is 4.74 Å². The summed E-state index contributed by atoms with van der Waals surface area (Å²) in [7, 11) is 0. The smallest absolute Gasteiger partial charge is 0.387 e. The van der Waals surface area contributed by atoms with Crippen LogP contribution < -0.4 is 4.74 Å². The molecule has 0 saturated carbocycles. The molecule has 0 aliphatic heterocycles. The van der Waals surface area contributed by atoms with Crippen molar-refractivity contribution in [3.63, 3.8) is 0 Å². The molecule has 1 aromatic heterocycles. The minimum absolute atomic E-state index is 0.0859. The zero-order chi connectivity index (χ0) is 12.4. The van der Waals surface area contributed by atoms with Crippen LogP contribution >= 0.6 is 11.6 Å². The first-order chi connectivity index (χ1) is 8.09. The van der Waals surface area contributed by atoms with Gasteiger partial charge in [0.25, 0.3) is 5.24 Å². The van der Waals surface area contributed by atoms with Gasteiger partial charge in [-0.05, 0) is 29.8 Å². The second-order valence-electron chi connectivity index (χ2n) is 3.16. The predicted molar refractivity (Wildman–Crippen MR) is 58.6 cm³/mol. The quantitative estimate of drug-likeness (QED) is 0.793. The van der Waals surface area contributed by atoms with E-state index < -0.39 is 11.9 Å². The van der Waals surface area contributed by atoms with Gasteiger partial charge in [0, 0.05) is 17.1 Å². The summed E-state index contributed by atoms with van der Waals surface area (Å²) in [6, 6.07) is 5.72. The lowest BCUT2D eigenvalue weighted by atomic mass is 10.1. The molecule has 6 heteroatoms. The molecule has 1 aromatic carbocycles. The molecule has 2 rings (SSSR count). The largest absolute Gasteiger partial charge is 0.432 e. The van der Waals surface area contributed by atoms with E-state index in [9.17, 15) is 13.6 Å². The molecule has 0 spiro atoms. The summed E-state index contributed by atoms with van der Waals surface area (Å²) in [5.41, 5.74) is 0.385. The summed E-state index contributed by atoms with van der Waals surface area (Å²) in [5.74, 6) is -0.0859. The molecule has 88 valence electrons. The highest BCUT2D eigenvalue weighted by molar-refractivity contribution is 6.68. The third-order valence-corrected chi connectivity index (χ3v) is 2.36. The highest BCUT2D eigenvalue weighted by Crippen LogP contribution is 2.28. The Labute approximate surface area is 100.0 Å². The maximum Gasteiger partial charge on any atom is 0.387 e. The van der Waals surface area contributed by atoms with Gasteiger partial charge >= 0.3 is 6.61 Å². The van der Waals surface area contributed by atoms with E-state index >= 15 is 0 Å². The Kier molecular flexibility index (Phi) is 3.19. The van der Waals surface area contributed by atoms with E-state index in [1.54, 1.807) is 12.1 Å². The molecule has 2 aromatic rings. The number of alkyl halides is 2. The molecule has 0 aliphatic rings. The Bertz CT molecular complexity index is 574. The third kappa shape index (κ3) is 2.34. The van der Waals surface area contributed by atoms with Gasteiger partial charge in [-0.15, -0.1) is 0 Å². The molecular formula is C11H6ClF2NO2. The summed E-state index contributed by atoms with van der Waals surface area (Å²) in [5, 5.41) is -0.294. The molecule has 3 nitrogen and oxygen atoms in total. The van der Waals surface area contributed by atoms with Crippen LogP contribution in [0, 0.1) is 0 Å². The number of carbonyl (C=O) groups excluding carboxylic acids is 1. The number of rotatable bonds is 3. The zero-order valence-corrected chi connectivity index (χ0v) is 9.12. The van der Waals surface area contributed by atoms with Crippen LogP contribution in [-0.2, 0) is 0 Å². The van der Waals surface area contributed by atoms with Gasteiger partial charge in [-0.1, -0.05) is 6.07 Å². The summed E-state index contributed by atoms with van der Waals surface area (Å²) in [4.78, 5) is 15.0. The van der Waals surface area contributed by atoms with Crippen molar-refractivity contribution in [1.29, 1.82) is 0 Å². The number of carbonyl (C=O) groups is 1. The number of benzene rings is 1. The number of aromatic nitrogens is 1. The molecule has 1 heterocycles. The Hall–Kier alpha value is -1.75. The molecule has 17 heavy (non-hydrogen) atoms. The average molecular weight is 258 g/mol. The van der Waals surface area contributed by atoms with Crippen molar-refractivity contribution < 1.29 is 18.3 Å². The molecule has 0 fully saturated rings. The number of pyridine rings is 1. The average Bonchev–Trinajstić information content (AvgIpc) is 2.28.